The molecule has 0 saturated carbocycles. The molecule has 18 heavy (non-hydrogen) atoms. The van der Waals surface area contributed by atoms with Gasteiger partial charge in [0, 0.05) is 26.8 Å². The molecule has 0 aliphatic rings. The second-order valence-electron chi connectivity index (χ2n) is 3.76. The molecule has 0 radical (unpaired) electrons. The summed E-state index contributed by atoms with van der Waals surface area (Å²) in [5.74, 6) is -0.802. The summed E-state index contributed by atoms with van der Waals surface area (Å²) in [7, 11) is -0.354. The van der Waals surface area contributed by atoms with Crippen molar-refractivity contribution in [2.45, 2.75) is 0 Å². The van der Waals surface area contributed by atoms with Gasteiger partial charge in [0.2, 0.25) is 10.0 Å². The molecule has 0 unspecified atom stereocenters. The summed E-state index contributed by atoms with van der Waals surface area (Å²) >= 11 is 0. The highest BCUT2D eigenvalue weighted by atomic mass is 32.2. The SMILES string of the molecule is CN(C)S(=O)(=O)CCNc1cc(C(=O)O)ccn1. The molecule has 0 aliphatic heterocycles. The lowest BCUT2D eigenvalue weighted by molar-refractivity contribution is 0.0697. The zero-order chi connectivity index (χ0) is 13.8. The minimum absolute atomic E-state index is 0.0843. The first-order valence-electron chi connectivity index (χ1n) is 5.16. The molecule has 0 aromatic carbocycles. The number of pyridine rings is 1. The van der Waals surface area contributed by atoms with Crippen molar-refractivity contribution in [3.05, 3.63) is 23.9 Å². The molecule has 7 nitrogen and oxygen atoms in total. The minimum Gasteiger partial charge on any atom is -0.478 e. The number of rotatable bonds is 6. The molecule has 0 aliphatic carbocycles. The zero-order valence-electron chi connectivity index (χ0n) is 10.1. The Morgan fingerprint density at radius 1 is 1.50 bits per heavy atom. The van der Waals surface area contributed by atoms with E-state index in [1.54, 1.807) is 0 Å². The zero-order valence-corrected chi connectivity index (χ0v) is 10.9. The van der Waals surface area contributed by atoms with Gasteiger partial charge in [-0.2, -0.15) is 0 Å². The first-order chi connectivity index (χ1) is 8.33. The smallest absolute Gasteiger partial charge is 0.335 e. The largest absolute Gasteiger partial charge is 0.478 e. The molecule has 1 heterocycles. The summed E-state index contributed by atoms with van der Waals surface area (Å²) in [5, 5.41) is 11.5. The van der Waals surface area contributed by atoms with Crippen LogP contribution in [-0.4, -0.2) is 55.2 Å². The number of hydrogen-bond donors (Lipinski definition) is 2. The van der Waals surface area contributed by atoms with E-state index in [-0.39, 0.29) is 17.9 Å². The molecule has 0 bridgehead atoms. The second-order valence-corrected chi connectivity index (χ2v) is 6.06. The van der Waals surface area contributed by atoms with Crippen LogP contribution < -0.4 is 5.32 Å². The summed E-state index contributed by atoms with van der Waals surface area (Å²) in [4.78, 5) is 14.6. The van der Waals surface area contributed by atoms with Gasteiger partial charge in [0.05, 0.1) is 11.3 Å². The van der Waals surface area contributed by atoms with Gasteiger partial charge in [0.1, 0.15) is 5.82 Å². The Morgan fingerprint density at radius 3 is 2.72 bits per heavy atom. The second kappa shape index (κ2) is 5.78. The molecule has 0 atom stereocenters. The van der Waals surface area contributed by atoms with Crippen LogP contribution in [0.15, 0.2) is 18.3 Å². The Labute approximate surface area is 106 Å². The van der Waals surface area contributed by atoms with Crippen molar-refractivity contribution in [1.29, 1.82) is 0 Å². The Bertz CT molecular complexity index is 528. The van der Waals surface area contributed by atoms with Gasteiger partial charge in [-0.25, -0.2) is 22.5 Å². The molecular formula is C10H15N3O4S. The van der Waals surface area contributed by atoms with Crippen LogP contribution in [-0.2, 0) is 10.0 Å². The van der Waals surface area contributed by atoms with Crippen LogP contribution in [0.3, 0.4) is 0 Å². The fourth-order valence-electron chi connectivity index (χ4n) is 1.15. The van der Waals surface area contributed by atoms with Crippen LogP contribution in [0.5, 0.6) is 0 Å². The monoisotopic (exact) mass is 273 g/mol. The van der Waals surface area contributed by atoms with Gasteiger partial charge in [0.15, 0.2) is 0 Å². The van der Waals surface area contributed by atoms with E-state index in [2.05, 4.69) is 10.3 Å². The highest BCUT2D eigenvalue weighted by Gasteiger charge is 2.12. The van der Waals surface area contributed by atoms with E-state index in [9.17, 15) is 13.2 Å². The Hall–Kier alpha value is -1.67. The topological polar surface area (TPSA) is 99.6 Å². The third-order valence-electron chi connectivity index (χ3n) is 2.23. The molecule has 8 heteroatoms. The number of carbonyl (C=O) groups is 1. The van der Waals surface area contributed by atoms with Gasteiger partial charge in [0.25, 0.3) is 0 Å². The highest BCUT2D eigenvalue weighted by molar-refractivity contribution is 7.89. The van der Waals surface area contributed by atoms with E-state index in [1.165, 1.54) is 32.4 Å². The van der Waals surface area contributed by atoms with Crippen LogP contribution in [0.2, 0.25) is 0 Å². The van der Waals surface area contributed by atoms with Gasteiger partial charge >= 0.3 is 5.97 Å². The number of hydrogen-bond acceptors (Lipinski definition) is 5. The summed E-state index contributed by atoms with van der Waals surface area (Å²) in [5.41, 5.74) is 0.1000. The van der Waals surface area contributed by atoms with E-state index in [4.69, 9.17) is 5.11 Å². The van der Waals surface area contributed by atoms with Crippen LogP contribution in [0.25, 0.3) is 0 Å². The Balaban J connectivity index is 2.60. The lowest BCUT2D eigenvalue weighted by Crippen LogP contribution is -2.28. The number of carboxylic acids is 1. The number of aromatic nitrogens is 1. The molecule has 0 saturated heterocycles. The standard InChI is InChI=1S/C10H15N3O4S/c1-13(2)18(16,17)6-5-12-9-7-8(10(14)15)3-4-11-9/h3-4,7H,5-6H2,1-2H3,(H,11,12)(H,14,15). The molecule has 1 aromatic heterocycles. The third-order valence-corrected chi connectivity index (χ3v) is 4.06. The normalized spacial score (nSPS) is 11.5. The van der Waals surface area contributed by atoms with Gasteiger partial charge in [-0.3, -0.25) is 0 Å². The third kappa shape index (κ3) is 3.97. The molecule has 0 spiro atoms. The first-order valence-corrected chi connectivity index (χ1v) is 6.77. The molecule has 0 fully saturated rings. The van der Waals surface area contributed by atoms with E-state index >= 15 is 0 Å². The van der Waals surface area contributed by atoms with Crippen LogP contribution in [0.4, 0.5) is 5.82 Å². The predicted octanol–water partition coefficient (Wildman–Crippen LogP) is 0.0831. The van der Waals surface area contributed by atoms with E-state index in [0.29, 0.717) is 5.82 Å². The maximum atomic E-state index is 11.5. The van der Waals surface area contributed by atoms with Crippen molar-refractivity contribution in [3.8, 4) is 0 Å². The van der Waals surface area contributed by atoms with Crippen molar-refractivity contribution >= 4 is 21.8 Å². The number of nitrogens with one attached hydrogen (secondary N) is 1. The number of aromatic carboxylic acids is 1. The fraction of sp³-hybridized carbons (Fsp3) is 0.400. The Morgan fingerprint density at radius 2 is 2.17 bits per heavy atom. The molecular weight excluding hydrogens is 258 g/mol. The average molecular weight is 273 g/mol. The van der Waals surface area contributed by atoms with Gasteiger partial charge < -0.3 is 10.4 Å². The van der Waals surface area contributed by atoms with Crippen molar-refractivity contribution in [3.63, 3.8) is 0 Å². The highest BCUT2D eigenvalue weighted by Crippen LogP contribution is 2.06. The lowest BCUT2D eigenvalue weighted by atomic mass is 10.2. The molecule has 1 rings (SSSR count). The average Bonchev–Trinajstić information content (AvgIpc) is 2.29. The van der Waals surface area contributed by atoms with Crippen molar-refractivity contribution in [2.24, 2.45) is 0 Å². The number of nitrogens with zero attached hydrogens (tertiary/aromatic N) is 2. The van der Waals surface area contributed by atoms with Crippen LogP contribution >= 0.6 is 0 Å². The number of sulfonamides is 1. The van der Waals surface area contributed by atoms with Gasteiger partial charge in [-0.15, -0.1) is 0 Å². The van der Waals surface area contributed by atoms with Crippen molar-refractivity contribution in [1.82, 2.24) is 9.29 Å². The molecule has 1 aromatic rings. The number of carboxylic acid groups (broad SMARTS) is 1. The quantitative estimate of drug-likeness (QED) is 0.761. The van der Waals surface area contributed by atoms with Gasteiger partial charge in [-0.1, -0.05) is 0 Å². The van der Waals surface area contributed by atoms with E-state index < -0.39 is 16.0 Å². The van der Waals surface area contributed by atoms with Crippen LogP contribution in [0.1, 0.15) is 10.4 Å². The molecule has 0 amide bonds. The summed E-state index contributed by atoms with van der Waals surface area (Å²) in [6.45, 7) is 0.163. The summed E-state index contributed by atoms with van der Waals surface area (Å²) in [6.07, 6.45) is 1.35. The summed E-state index contributed by atoms with van der Waals surface area (Å²) < 4.78 is 24.1. The van der Waals surface area contributed by atoms with Crippen molar-refractivity contribution in [2.75, 3.05) is 31.7 Å². The van der Waals surface area contributed by atoms with E-state index in [0.717, 1.165) is 4.31 Å². The van der Waals surface area contributed by atoms with Gasteiger partial charge in [-0.05, 0) is 12.1 Å². The Kier molecular flexibility index (Phi) is 4.62. The molecule has 2 N–H and O–H groups in total. The first kappa shape index (κ1) is 14.4. The minimum atomic E-state index is -3.27. The maximum Gasteiger partial charge on any atom is 0.335 e. The van der Waals surface area contributed by atoms with Crippen LogP contribution in [0, 0.1) is 0 Å². The predicted molar refractivity (Wildman–Crippen MR) is 67.2 cm³/mol. The van der Waals surface area contributed by atoms with E-state index in [1.807, 2.05) is 0 Å². The fourth-order valence-corrected chi connectivity index (χ4v) is 1.88. The maximum absolute atomic E-state index is 11.5. The molecule has 100 valence electrons. The lowest BCUT2D eigenvalue weighted by Gasteiger charge is -2.11. The summed E-state index contributed by atoms with van der Waals surface area (Å²) in [6, 6.07) is 2.72. The van der Waals surface area contributed by atoms with Crippen molar-refractivity contribution < 1.29 is 18.3 Å². The number of anilines is 1.